The number of nitrogens with zero attached hydrogens (tertiary/aromatic N) is 1. The fourth-order valence-electron chi connectivity index (χ4n) is 3.88. The first kappa shape index (κ1) is 20.9. The molecule has 0 fully saturated rings. The van der Waals surface area contributed by atoms with E-state index in [9.17, 15) is 19.8 Å². The first-order valence-corrected chi connectivity index (χ1v) is 10.8. The summed E-state index contributed by atoms with van der Waals surface area (Å²) in [5.41, 5.74) is 2.27. The Kier molecular flexibility index (Phi) is 7.15. The topological polar surface area (TPSA) is 89.9 Å². The van der Waals surface area contributed by atoms with E-state index in [2.05, 4.69) is 17.5 Å². The largest absolute Gasteiger partial charge is 0.380 e. The molecule has 0 radical (unpaired) electrons. The van der Waals surface area contributed by atoms with Crippen LogP contribution in [-0.4, -0.2) is 57.5 Å². The van der Waals surface area contributed by atoms with E-state index in [1.807, 2.05) is 30.5 Å². The van der Waals surface area contributed by atoms with Gasteiger partial charge in [-0.25, -0.2) is 0 Å². The number of rotatable bonds is 7. The molecule has 3 rings (SSSR count). The summed E-state index contributed by atoms with van der Waals surface area (Å²) in [5.74, 6) is -1.30. The molecule has 2 heterocycles. The van der Waals surface area contributed by atoms with Crippen molar-refractivity contribution in [1.82, 2.24) is 10.2 Å². The van der Waals surface area contributed by atoms with Gasteiger partial charge in [-0.15, -0.1) is 11.8 Å². The quantitative estimate of drug-likeness (QED) is 0.644. The third kappa shape index (κ3) is 4.59. The average molecular weight is 405 g/mol. The minimum Gasteiger partial charge on any atom is -0.380 e. The summed E-state index contributed by atoms with van der Waals surface area (Å²) in [7, 11) is 0. The lowest BCUT2D eigenvalue weighted by Crippen LogP contribution is -2.53. The van der Waals surface area contributed by atoms with E-state index in [1.165, 1.54) is 5.56 Å². The van der Waals surface area contributed by atoms with Crippen LogP contribution in [0.25, 0.3) is 0 Å². The molecule has 3 N–H and O–H groups in total. The van der Waals surface area contributed by atoms with E-state index in [4.69, 9.17) is 0 Å². The van der Waals surface area contributed by atoms with E-state index < -0.39 is 24.0 Å². The van der Waals surface area contributed by atoms with Crippen LogP contribution in [0.4, 0.5) is 0 Å². The number of carbonyl (C=O) groups is 2. The summed E-state index contributed by atoms with van der Waals surface area (Å²) in [6.45, 7) is 2.86. The lowest BCUT2D eigenvalue weighted by atomic mass is 9.90. The van der Waals surface area contributed by atoms with Gasteiger partial charge in [-0.3, -0.25) is 9.59 Å². The molecule has 0 bridgehead atoms. The number of allylic oxidation sites excluding steroid dienone is 1. The summed E-state index contributed by atoms with van der Waals surface area (Å²) in [4.78, 5) is 26.6. The molecule has 2 amide bonds. The number of hydrogen-bond donors (Lipinski definition) is 3. The van der Waals surface area contributed by atoms with Crippen molar-refractivity contribution < 1.29 is 19.8 Å². The number of benzene rings is 1. The monoisotopic (exact) mass is 404 g/mol. The summed E-state index contributed by atoms with van der Waals surface area (Å²) < 4.78 is 0. The zero-order chi connectivity index (χ0) is 20.1. The average Bonchev–Trinajstić information content (AvgIpc) is 3.24. The van der Waals surface area contributed by atoms with Gasteiger partial charge in [-0.2, -0.15) is 0 Å². The van der Waals surface area contributed by atoms with Crippen LogP contribution in [0, 0.1) is 0 Å². The van der Waals surface area contributed by atoms with Gasteiger partial charge in [-0.1, -0.05) is 37.3 Å². The van der Waals surface area contributed by atoms with Crippen LogP contribution < -0.4 is 5.32 Å². The van der Waals surface area contributed by atoms with Crippen LogP contribution >= 0.6 is 11.8 Å². The van der Waals surface area contributed by atoms with Crippen LogP contribution in [0.15, 0.2) is 35.7 Å². The molecule has 2 unspecified atom stereocenters. The van der Waals surface area contributed by atoms with Gasteiger partial charge >= 0.3 is 0 Å². The number of fused-ring (bicyclic) bond motifs is 1. The van der Waals surface area contributed by atoms with Gasteiger partial charge in [-0.05, 0) is 42.2 Å². The maximum Gasteiger partial charge on any atom is 0.255 e. The number of hydrogen-bond acceptors (Lipinski definition) is 5. The van der Waals surface area contributed by atoms with E-state index >= 15 is 0 Å². The molecule has 2 aliphatic heterocycles. The Morgan fingerprint density at radius 1 is 1.29 bits per heavy atom. The third-order valence-electron chi connectivity index (χ3n) is 5.43. The zero-order valence-corrected chi connectivity index (χ0v) is 16.9. The fourth-order valence-corrected chi connectivity index (χ4v) is 4.80. The van der Waals surface area contributed by atoms with Crippen LogP contribution in [0.5, 0.6) is 0 Å². The zero-order valence-electron chi connectivity index (χ0n) is 16.1. The van der Waals surface area contributed by atoms with Gasteiger partial charge < -0.3 is 20.4 Å². The van der Waals surface area contributed by atoms with Gasteiger partial charge in [0.2, 0.25) is 0 Å². The second-order valence-corrected chi connectivity index (χ2v) is 8.45. The van der Waals surface area contributed by atoms with Crippen molar-refractivity contribution in [3.05, 3.63) is 46.9 Å². The Balaban J connectivity index is 1.57. The van der Waals surface area contributed by atoms with Crippen molar-refractivity contribution in [3.63, 3.8) is 0 Å². The highest BCUT2D eigenvalue weighted by Gasteiger charge is 2.37. The molecule has 2 aliphatic rings. The molecule has 0 spiro atoms. The maximum absolute atomic E-state index is 12.8. The second kappa shape index (κ2) is 9.58. The number of aliphatic hydroxyl groups is 2. The summed E-state index contributed by atoms with van der Waals surface area (Å²) in [6.07, 6.45) is 1.71. The lowest BCUT2D eigenvalue weighted by Gasteiger charge is -2.38. The van der Waals surface area contributed by atoms with Crippen molar-refractivity contribution in [2.24, 2.45) is 0 Å². The van der Waals surface area contributed by atoms with Crippen LogP contribution in [0.1, 0.15) is 43.4 Å². The first-order chi connectivity index (χ1) is 13.5. The summed E-state index contributed by atoms with van der Waals surface area (Å²) in [5, 5.41) is 25.7. The number of nitrogens with one attached hydrogen (secondary N) is 1. The SMILES string of the molecule is CCC1c2ccccc2CCN1C(=O)[C@H](O)[C@@H](O)C(=O)NCCC1CC=CS1. The number of aliphatic hydroxyl groups excluding tert-OH is 2. The molecule has 0 saturated carbocycles. The number of amides is 2. The molecule has 28 heavy (non-hydrogen) atoms. The second-order valence-electron chi connectivity index (χ2n) is 7.24. The van der Waals surface area contributed by atoms with Crippen molar-refractivity contribution in [3.8, 4) is 0 Å². The Labute approximate surface area is 170 Å². The first-order valence-electron chi connectivity index (χ1n) is 9.85. The van der Waals surface area contributed by atoms with E-state index in [1.54, 1.807) is 16.7 Å². The third-order valence-corrected chi connectivity index (χ3v) is 6.60. The minimum absolute atomic E-state index is 0.158. The van der Waals surface area contributed by atoms with E-state index in [0.29, 0.717) is 31.2 Å². The molecular formula is C21H28N2O4S. The normalized spacial score (nSPS) is 23.2. The van der Waals surface area contributed by atoms with Gasteiger partial charge in [0.1, 0.15) is 0 Å². The molecule has 1 aromatic rings. The van der Waals surface area contributed by atoms with Crippen molar-refractivity contribution >= 4 is 23.6 Å². The molecular weight excluding hydrogens is 376 g/mol. The molecule has 0 saturated heterocycles. The van der Waals surface area contributed by atoms with Crippen molar-refractivity contribution in [2.75, 3.05) is 13.1 Å². The Morgan fingerprint density at radius 3 is 2.79 bits per heavy atom. The van der Waals surface area contributed by atoms with E-state index in [-0.39, 0.29) is 6.04 Å². The molecule has 1 aromatic carbocycles. The smallest absolute Gasteiger partial charge is 0.255 e. The van der Waals surface area contributed by atoms with E-state index in [0.717, 1.165) is 18.4 Å². The lowest BCUT2D eigenvalue weighted by molar-refractivity contribution is -0.155. The fraction of sp³-hybridized carbons (Fsp3) is 0.524. The number of thioether (sulfide) groups is 1. The van der Waals surface area contributed by atoms with Crippen molar-refractivity contribution in [1.29, 1.82) is 0 Å². The molecule has 152 valence electrons. The summed E-state index contributed by atoms with van der Waals surface area (Å²) in [6, 6.07) is 7.80. The predicted molar refractivity (Wildman–Crippen MR) is 110 cm³/mol. The Bertz CT molecular complexity index is 731. The van der Waals surface area contributed by atoms with Crippen LogP contribution in [-0.2, 0) is 16.0 Å². The van der Waals surface area contributed by atoms with Crippen LogP contribution in [0.3, 0.4) is 0 Å². The molecule has 0 aromatic heterocycles. The highest BCUT2D eigenvalue weighted by atomic mass is 32.2. The number of carbonyl (C=O) groups excluding carboxylic acids is 2. The predicted octanol–water partition coefficient (Wildman–Crippen LogP) is 1.77. The van der Waals surface area contributed by atoms with Gasteiger partial charge in [0, 0.05) is 18.3 Å². The van der Waals surface area contributed by atoms with Gasteiger partial charge in [0.05, 0.1) is 6.04 Å². The molecule has 0 aliphatic carbocycles. The minimum atomic E-state index is -1.77. The highest BCUT2D eigenvalue weighted by Crippen LogP contribution is 2.32. The molecule has 6 nitrogen and oxygen atoms in total. The maximum atomic E-state index is 12.8. The molecule has 4 atom stereocenters. The Morgan fingerprint density at radius 2 is 2.07 bits per heavy atom. The highest BCUT2D eigenvalue weighted by molar-refractivity contribution is 8.03. The standard InChI is InChI=1S/C21H28N2O4S/c1-2-17-16-8-4-3-6-14(16)10-12-23(17)21(27)19(25)18(24)20(26)22-11-9-15-7-5-13-28-15/h3-6,8,13,15,17-19,24-25H,2,7,9-12H2,1H3,(H,22,26)/t15?,17?,18-,19-/m1/s1. The van der Waals surface area contributed by atoms with Crippen LogP contribution in [0.2, 0.25) is 0 Å². The van der Waals surface area contributed by atoms with Crippen molar-refractivity contribution in [2.45, 2.75) is 56.1 Å². The van der Waals surface area contributed by atoms with Gasteiger partial charge in [0.15, 0.2) is 12.2 Å². The van der Waals surface area contributed by atoms with Gasteiger partial charge in [0.25, 0.3) is 11.8 Å². The molecule has 7 heteroatoms. The summed E-state index contributed by atoms with van der Waals surface area (Å²) >= 11 is 1.73. The Hall–Kier alpha value is -1.83.